The molecule has 0 aliphatic carbocycles. The fourth-order valence-corrected chi connectivity index (χ4v) is 2.42. The zero-order valence-corrected chi connectivity index (χ0v) is 15.4. The quantitative estimate of drug-likeness (QED) is 0.614. The van der Waals surface area contributed by atoms with Crippen LogP contribution in [0.4, 0.5) is 10.5 Å². The standard InChI is InChI=1S/C17H21ClN4O4/c1-10(2)14-13(21-16(25)19-9-17(3,26)15(23)24)8-20-22(14)12-6-4-11(18)5-7-12/h4-8,10,26H,9H2,1-3H3,(H,23,24)(H2,19,21,25). The van der Waals surface area contributed by atoms with Gasteiger partial charge >= 0.3 is 12.0 Å². The van der Waals surface area contributed by atoms with Crippen LogP contribution in [-0.2, 0) is 4.79 Å². The Morgan fingerprint density at radius 1 is 1.31 bits per heavy atom. The Balaban J connectivity index is 2.18. The van der Waals surface area contributed by atoms with Crippen LogP contribution in [0.15, 0.2) is 30.5 Å². The molecule has 1 atom stereocenters. The highest BCUT2D eigenvalue weighted by molar-refractivity contribution is 6.30. The van der Waals surface area contributed by atoms with Crippen molar-refractivity contribution < 1.29 is 19.8 Å². The summed E-state index contributed by atoms with van der Waals surface area (Å²) in [5, 5.41) is 28.4. The van der Waals surface area contributed by atoms with Gasteiger partial charge in [0.1, 0.15) is 0 Å². The van der Waals surface area contributed by atoms with Gasteiger partial charge in [-0.05, 0) is 37.1 Å². The number of carbonyl (C=O) groups excluding carboxylic acids is 1. The molecule has 1 aromatic carbocycles. The molecule has 2 rings (SSSR count). The molecule has 1 unspecified atom stereocenters. The first-order valence-electron chi connectivity index (χ1n) is 7.96. The lowest BCUT2D eigenvalue weighted by atomic mass is 10.1. The first-order valence-corrected chi connectivity index (χ1v) is 8.34. The Bertz CT molecular complexity index is 800. The maximum absolute atomic E-state index is 12.1. The molecular formula is C17H21ClN4O4. The van der Waals surface area contributed by atoms with Crippen LogP contribution in [0.3, 0.4) is 0 Å². The predicted molar refractivity (Wildman–Crippen MR) is 97.9 cm³/mol. The molecule has 1 heterocycles. The number of nitrogens with zero attached hydrogens (tertiary/aromatic N) is 2. The van der Waals surface area contributed by atoms with E-state index in [1.54, 1.807) is 16.8 Å². The van der Waals surface area contributed by atoms with Crippen molar-refractivity contribution in [2.75, 3.05) is 11.9 Å². The third-order valence-electron chi connectivity index (χ3n) is 3.73. The van der Waals surface area contributed by atoms with E-state index in [2.05, 4.69) is 15.7 Å². The molecule has 26 heavy (non-hydrogen) atoms. The number of aliphatic carboxylic acids is 1. The lowest BCUT2D eigenvalue weighted by Crippen LogP contribution is -2.47. The molecule has 140 valence electrons. The summed E-state index contributed by atoms with van der Waals surface area (Å²) >= 11 is 5.91. The normalized spacial score (nSPS) is 13.3. The molecule has 0 fully saturated rings. The number of benzene rings is 1. The minimum atomic E-state index is -2.05. The molecule has 0 aliphatic rings. The largest absolute Gasteiger partial charge is 0.479 e. The summed E-state index contributed by atoms with van der Waals surface area (Å²) in [5.41, 5.74) is 0.00127. The Labute approximate surface area is 155 Å². The van der Waals surface area contributed by atoms with Gasteiger partial charge < -0.3 is 20.8 Å². The summed E-state index contributed by atoms with van der Waals surface area (Å²) < 4.78 is 1.70. The van der Waals surface area contributed by atoms with Crippen molar-refractivity contribution in [1.29, 1.82) is 0 Å². The minimum Gasteiger partial charge on any atom is -0.479 e. The first kappa shape index (κ1) is 19.7. The van der Waals surface area contributed by atoms with Gasteiger partial charge in [0.2, 0.25) is 0 Å². The number of aliphatic hydroxyl groups is 1. The topological polar surface area (TPSA) is 116 Å². The summed E-state index contributed by atoms with van der Waals surface area (Å²) in [7, 11) is 0. The molecule has 2 aromatic rings. The lowest BCUT2D eigenvalue weighted by molar-refractivity contribution is -0.155. The van der Waals surface area contributed by atoms with E-state index in [-0.39, 0.29) is 5.92 Å². The average Bonchev–Trinajstić information content (AvgIpc) is 2.97. The van der Waals surface area contributed by atoms with Crippen LogP contribution in [-0.4, -0.2) is 44.1 Å². The van der Waals surface area contributed by atoms with Gasteiger partial charge in [0, 0.05) is 5.02 Å². The van der Waals surface area contributed by atoms with Crippen LogP contribution < -0.4 is 10.6 Å². The molecule has 0 spiro atoms. The number of urea groups is 1. The number of hydrogen-bond acceptors (Lipinski definition) is 4. The van der Waals surface area contributed by atoms with Crippen LogP contribution in [0.1, 0.15) is 32.4 Å². The van der Waals surface area contributed by atoms with Gasteiger partial charge in [-0.15, -0.1) is 0 Å². The highest BCUT2D eigenvalue weighted by Gasteiger charge is 2.30. The summed E-state index contributed by atoms with van der Waals surface area (Å²) in [6.07, 6.45) is 1.51. The Hall–Kier alpha value is -2.58. The van der Waals surface area contributed by atoms with Crippen LogP contribution >= 0.6 is 11.6 Å². The van der Waals surface area contributed by atoms with E-state index in [1.165, 1.54) is 6.20 Å². The highest BCUT2D eigenvalue weighted by atomic mass is 35.5. The van der Waals surface area contributed by atoms with Crippen molar-refractivity contribution in [3.63, 3.8) is 0 Å². The van der Waals surface area contributed by atoms with Gasteiger partial charge in [0.25, 0.3) is 0 Å². The molecule has 0 bridgehead atoms. The molecule has 1 aromatic heterocycles. The lowest BCUT2D eigenvalue weighted by Gasteiger charge is -2.19. The second-order valence-electron chi connectivity index (χ2n) is 6.37. The molecule has 0 aliphatic heterocycles. The van der Waals surface area contributed by atoms with Crippen molar-refractivity contribution >= 4 is 29.3 Å². The van der Waals surface area contributed by atoms with Crippen molar-refractivity contribution in [3.8, 4) is 5.69 Å². The summed E-state index contributed by atoms with van der Waals surface area (Å²) in [6.45, 7) is 4.59. The number of nitrogens with one attached hydrogen (secondary N) is 2. The van der Waals surface area contributed by atoms with E-state index >= 15 is 0 Å². The van der Waals surface area contributed by atoms with Crippen LogP contribution in [0.2, 0.25) is 5.02 Å². The average molecular weight is 381 g/mol. The van der Waals surface area contributed by atoms with Crippen molar-refractivity contribution in [2.24, 2.45) is 0 Å². The number of aromatic nitrogens is 2. The number of rotatable bonds is 6. The number of carboxylic acid groups (broad SMARTS) is 1. The number of hydrogen-bond donors (Lipinski definition) is 4. The fourth-order valence-electron chi connectivity index (χ4n) is 2.29. The van der Waals surface area contributed by atoms with E-state index in [0.717, 1.165) is 18.3 Å². The van der Waals surface area contributed by atoms with Gasteiger partial charge in [-0.2, -0.15) is 5.10 Å². The second-order valence-corrected chi connectivity index (χ2v) is 6.81. The smallest absolute Gasteiger partial charge is 0.337 e. The predicted octanol–water partition coefficient (Wildman–Crippen LogP) is 2.61. The van der Waals surface area contributed by atoms with Gasteiger partial charge in [-0.3, -0.25) is 0 Å². The van der Waals surface area contributed by atoms with Crippen molar-refractivity contribution in [1.82, 2.24) is 15.1 Å². The SMILES string of the molecule is CC(C)c1c(NC(=O)NCC(C)(O)C(=O)O)cnn1-c1ccc(Cl)cc1. The molecular weight excluding hydrogens is 360 g/mol. The van der Waals surface area contributed by atoms with E-state index in [9.17, 15) is 14.7 Å². The number of anilines is 1. The summed E-state index contributed by atoms with van der Waals surface area (Å²) in [5.74, 6) is -1.37. The van der Waals surface area contributed by atoms with Gasteiger partial charge in [-0.25, -0.2) is 14.3 Å². The zero-order chi connectivity index (χ0) is 19.5. The Kier molecular flexibility index (Phi) is 5.89. The van der Waals surface area contributed by atoms with Gasteiger partial charge in [-0.1, -0.05) is 25.4 Å². The van der Waals surface area contributed by atoms with Crippen LogP contribution in [0.5, 0.6) is 0 Å². The Morgan fingerprint density at radius 2 is 1.92 bits per heavy atom. The first-order chi connectivity index (χ1) is 12.1. The maximum Gasteiger partial charge on any atom is 0.337 e. The molecule has 2 amide bonds. The van der Waals surface area contributed by atoms with E-state index in [4.69, 9.17) is 16.7 Å². The number of amides is 2. The summed E-state index contributed by atoms with van der Waals surface area (Å²) in [6, 6.07) is 6.49. The van der Waals surface area contributed by atoms with Crippen molar-refractivity contribution in [2.45, 2.75) is 32.3 Å². The zero-order valence-electron chi connectivity index (χ0n) is 14.7. The highest BCUT2D eigenvalue weighted by Crippen LogP contribution is 2.27. The Morgan fingerprint density at radius 3 is 2.46 bits per heavy atom. The fraction of sp³-hybridized carbons (Fsp3) is 0.353. The van der Waals surface area contributed by atoms with Crippen LogP contribution in [0.25, 0.3) is 5.69 Å². The van der Waals surface area contributed by atoms with Crippen LogP contribution in [0, 0.1) is 0 Å². The molecule has 4 N–H and O–H groups in total. The maximum atomic E-state index is 12.1. The minimum absolute atomic E-state index is 0.0469. The monoisotopic (exact) mass is 380 g/mol. The van der Waals surface area contributed by atoms with E-state index in [1.807, 2.05) is 26.0 Å². The molecule has 0 saturated carbocycles. The number of halogens is 1. The molecule has 0 radical (unpaired) electrons. The third-order valence-corrected chi connectivity index (χ3v) is 3.98. The molecule has 9 heteroatoms. The van der Waals surface area contributed by atoms with Gasteiger partial charge in [0.15, 0.2) is 5.60 Å². The number of carboxylic acids is 1. The van der Waals surface area contributed by atoms with E-state index in [0.29, 0.717) is 10.7 Å². The third kappa shape index (κ3) is 4.53. The summed E-state index contributed by atoms with van der Waals surface area (Å²) in [4.78, 5) is 22.9. The van der Waals surface area contributed by atoms with E-state index < -0.39 is 24.1 Å². The number of carbonyl (C=O) groups is 2. The molecule has 0 saturated heterocycles. The molecule has 8 nitrogen and oxygen atoms in total. The second kappa shape index (κ2) is 7.76. The van der Waals surface area contributed by atoms with Crippen molar-refractivity contribution in [3.05, 3.63) is 41.2 Å². The van der Waals surface area contributed by atoms with Gasteiger partial charge in [0.05, 0.1) is 29.8 Å².